The Morgan fingerprint density at radius 2 is 2.07 bits per heavy atom. The van der Waals surface area contributed by atoms with Crippen molar-refractivity contribution in [2.45, 2.75) is 32.1 Å². The first-order chi connectivity index (χ1) is 13.6. The fourth-order valence-electron chi connectivity index (χ4n) is 3.22. The van der Waals surface area contributed by atoms with Crippen molar-refractivity contribution in [3.63, 3.8) is 0 Å². The molecular formula is C20H20N4O2S2. The van der Waals surface area contributed by atoms with Gasteiger partial charge in [0.15, 0.2) is 0 Å². The molecule has 0 spiro atoms. The van der Waals surface area contributed by atoms with E-state index in [4.69, 9.17) is 0 Å². The van der Waals surface area contributed by atoms with Gasteiger partial charge in [-0.1, -0.05) is 36.5 Å². The van der Waals surface area contributed by atoms with Crippen molar-refractivity contribution in [1.29, 1.82) is 0 Å². The maximum Gasteiger partial charge on any atom is 0.231 e. The molecule has 144 valence electrons. The quantitative estimate of drug-likeness (QED) is 0.667. The van der Waals surface area contributed by atoms with Gasteiger partial charge in [0.05, 0.1) is 6.42 Å². The lowest BCUT2D eigenvalue weighted by Crippen LogP contribution is -2.24. The van der Waals surface area contributed by atoms with Gasteiger partial charge in [-0.15, -0.1) is 21.5 Å². The van der Waals surface area contributed by atoms with Crippen LogP contribution in [0.3, 0.4) is 0 Å². The minimum atomic E-state index is -0.106. The molecule has 0 radical (unpaired) electrons. The summed E-state index contributed by atoms with van der Waals surface area (Å²) >= 11 is 2.90. The van der Waals surface area contributed by atoms with Gasteiger partial charge in [-0.05, 0) is 35.6 Å². The van der Waals surface area contributed by atoms with Crippen molar-refractivity contribution in [1.82, 2.24) is 10.2 Å². The summed E-state index contributed by atoms with van der Waals surface area (Å²) in [4.78, 5) is 27.4. The minimum absolute atomic E-state index is 0.00111. The molecular weight excluding hydrogens is 392 g/mol. The topological polar surface area (TPSA) is 75.2 Å². The molecule has 8 heteroatoms. The van der Waals surface area contributed by atoms with Crippen LogP contribution in [0.2, 0.25) is 0 Å². The van der Waals surface area contributed by atoms with Crippen LogP contribution >= 0.6 is 22.7 Å². The van der Waals surface area contributed by atoms with E-state index in [0.29, 0.717) is 24.5 Å². The number of benzene rings is 1. The predicted molar refractivity (Wildman–Crippen MR) is 112 cm³/mol. The highest BCUT2D eigenvalue weighted by Gasteiger charge is 2.34. The average molecular weight is 413 g/mol. The summed E-state index contributed by atoms with van der Waals surface area (Å²) in [6.07, 6.45) is 1.71. The summed E-state index contributed by atoms with van der Waals surface area (Å²) in [6, 6.07) is 12.0. The third-order valence-corrected chi connectivity index (χ3v) is 6.61. The van der Waals surface area contributed by atoms with Crippen LogP contribution < -0.4 is 10.2 Å². The van der Waals surface area contributed by atoms with Gasteiger partial charge in [0.25, 0.3) is 0 Å². The molecule has 1 aliphatic heterocycles. The molecule has 1 saturated heterocycles. The second-order valence-electron chi connectivity index (χ2n) is 6.68. The van der Waals surface area contributed by atoms with Crippen molar-refractivity contribution < 1.29 is 9.59 Å². The molecule has 1 unspecified atom stereocenters. The van der Waals surface area contributed by atoms with Crippen LogP contribution in [0.4, 0.5) is 10.8 Å². The number of thiophene rings is 1. The fourth-order valence-corrected chi connectivity index (χ4v) is 4.77. The summed E-state index contributed by atoms with van der Waals surface area (Å²) in [5, 5.41) is 14.3. The van der Waals surface area contributed by atoms with Crippen molar-refractivity contribution in [2.75, 3.05) is 16.8 Å². The largest absolute Gasteiger partial charge is 0.312 e. The van der Waals surface area contributed by atoms with E-state index < -0.39 is 0 Å². The van der Waals surface area contributed by atoms with Crippen molar-refractivity contribution >= 4 is 45.3 Å². The molecule has 2 aromatic heterocycles. The normalized spacial score (nSPS) is 16.5. The van der Waals surface area contributed by atoms with Crippen molar-refractivity contribution in [3.8, 4) is 0 Å². The first-order valence-electron chi connectivity index (χ1n) is 9.17. The first kappa shape index (κ1) is 18.8. The van der Waals surface area contributed by atoms with E-state index in [1.807, 2.05) is 29.6 Å². The van der Waals surface area contributed by atoms with Crippen LogP contribution in [-0.2, 0) is 22.4 Å². The standard InChI is InChI=1S/C20H20N4O2S2/c1-2-13-5-7-15(8-6-13)24-12-14(10-18(24)26)19-22-23-20(28-19)21-17(25)11-16-4-3-9-27-16/h3-9,14H,2,10-12H2,1H3,(H,21,23,25). The van der Waals surface area contributed by atoms with E-state index in [1.165, 1.54) is 16.9 Å². The lowest BCUT2D eigenvalue weighted by atomic mass is 10.1. The molecule has 1 atom stereocenters. The number of carbonyl (C=O) groups is 2. The molecule has 0 saturated carbocycles. The highest BCUT2D eigenvalue weighted by atomic mass is 32.1. The Labute approximate surface area is 171 Å². The summed E-state index contributed by atoms with van der Waals surface area (Å²) in [7, 11) is 0. The Kier molecular flexibility index (Phi) is 5.50. The van der Waals surface area contributed by atoms with Gasteiger partial charge in [-0.25, -0.2) is 0 Å². The Balaban J connectivity index is 1.39. The third kappa shape index (κ3) is 4.13. The maximum atomic E-state index is 12.5. The van der Waals surface area contributed by atoms with Crippen LogP contribution in [0.1, 0.15) is 34.7 Å². The van der Waals surface area contributed by atoms with Crippen LogP contribution in [-0.4, -0.2) is 28.6 Å². The Morgan fingerprint density at radius 1 is 1.25 bits per heavy atom. The molecule has 28 heavy (non-hydrogen) atoms. The molecule has 1 fully saturated rings. The number of hydrogen-bond acceptors (Lipinski definition) is 6. The van der Waals surface area contributed by atoms with Crippen molar-refractivity contribution in [3.05, 3.63) is 57.2 Å². The molecule has 1 aromatic carbocycles. The third-order valence-electron chi connectivity index (χ3n) is 4.73. The fraction of sp³-hybridized carbons (Fsp3) is 0.300. The van der Waals surface area contributed by atoms with Gasteiger partial charge in [0, 0.05) is 29.4 Å². The van der Waals surface area contributed by atoms with E-state index in [2.05, 4.69) is 34.6 Å². The van der Waals surface area contributed by atoms with Crippen LogP contribution in [0.25, 0.3) is 0 Å². The van der Waals surface area contributed by atoms with E-state index in [-0.39, 0.29) is 17.7 Å². The predicted octanol–water partition coefficient (Wildman–Crippen LogP) is 3.86. The second-order valence-corrected chi connectivity index (χ2v) is 8.72. The second kappa shape index (κ2) is 8.20. The Bertz CT molecular complexity index is 967. The molecule has 3 heterocycles. The number of nitrogens with one attached hydrogen (secondary N) is 1. The number of amides is 2. The molecule has 3 aromatic rings. The number of aromatic nitrogens is 2. The minimum Gasteiger partial charge on any atom is -0.312 e. The molecule has 0 bridgehead atoms. The zero-order valence-corrected chi connectivity index (χ0v) is 17.1. The zero-order chi connectivity index (χ0) is 19.5. The summed E-state index contributed by atoms with van der Waals surface area (Å²) in [5.41, 5.74) is 2.16. The SMILES string of the molecule is CCc1ccc(N2CC(c3nnc(NC(=O)Cc4cccs4)s3)CC2=O)cc1. The van der Waals surface area contributed by atoms with Gasteiger partial charge in [-0.2, -0.15) is 0 Å². The summed E-state index contributed by atoms with van der Waals surface area (Å²) in [6.45, 7) is 2.69. The van der Waals surface area contributed by atoms with E-state index in [0.717, 1.165) is 22.0 Å². The van der Waals surface area contributed by atoms with Crippen LogP contribution in [0, 0.1) is 0 Å². The number of hydrogen-bond donors (Lipinski definition) is 1. The van der Waals surface area contributed by atoms with Gasteiger partial charge < -0.3 is 10.2 Å². The number of rotatable bonds is 6. The average Bonchev–Trinajstić information content (AvgIpc) is 3.43. The first-order valence-corrected chi connectivity index (χ1v) is 10.9. The molecule has 0 aliphatic carbocycles. The lowest BCUT2D eigenvalue weighted by molar-refractivity contribution is -0.117. The smallest absolute Gasteiger partial charge is 0.231 e. The Hall–Kier alpha value is -2.58. The van der Waals surface area contributed by atoms with Gasteiger partial charge in [0.2, 0.25) is 16.9 Å². The number of aryl methyl sites for hydroxylation is 1. The maximum absolute atomic E-state index is 12.5. The molecule has 4 rings (SSSR count). The highest BCUT2D eigenvalue weighted by Crippen LogP contribution is 2.34. The molecule has 1 N–H and O–H groups in total. The number of anilines is 2. The zero-order valence-electron chi connectivity index (χ0n) is 15.4. The Morgan fingerprint density at radius 3 is 2.79 bits per heavy atom. The van der Waals surface area contributed by atoms with Gasteiger partial charge in [-0.3, -0.25) is 9.59 Å². The van der Waals surface area contributed by atoms with E-state index in [1.54, 1.807) is 16.2 Å². The lowest BCUT2D eigenvalue weighted by Gasteiger charge is -2.16. The monoisotopic (exact) mass is 412 g/mol. The highest BCUT2D eigenvalue weighted by molar-refractivity contribution is 7.15. The van der Waals surface area contributed by atoms with Crippen molar-refractivity contribution in [2.24, 2.45) is 0 Å². The van der Waals surface area contributed by atoms with E-state index >= 15 is 0 Å². The summed E-state index contributed by atoms with van der Waals surface area (Å²) in [5.74, 6) is -0.0168. The van der Waals surface area contributed by atoms with Gasteiger partial charge in [0.1, 0.15) is 5.01 Å². The van der Waals surface area contributed by atoms with Gasteiger partial charge >= 0.3 is 0 Å². The van der Waals surface area contributed by atoms with Crippen LogP contribution in [0.15, 0.2) is 41.8 Å². The number of nitrogens with zero attached hydrogens (tertiary/aromatic N) is 3. The summed E-state index contributed by atoms with van der Waals surface area (Å²) < 4.78 is 0. The van der Waals surface area contributed by atoms with E-state index in [9.17, 15) is 9.59 Å². The van der Waals surface area contributed by atoms with Crippen LogP contribution in [0.5, 0.6) is 0 Å². The molecule has 1 aliphatic rings. The number of carbonyl (C=O) groups excluding carboxylic acids is 2. The molecule has 2 amide bonds. The molecule has 6 nitrogen and oxygen atoms in total.